The van der Waals surface area contributed by atoms with E-state index in [2.05, 4.69) is 57.2 Å². The fraction of sp³-hybridized carbons (Fsp3) is 0.368. The molecule has 0 aliphatic carbocycles. The predicted molar refractivity (Wildman–Crippen MR) is 85.0 cm³/mol. The largest absolute Gasteiger partial charge is 0.388 e. The molecule has 0 spiro atoms. The molecular weight excluding hydrogens is 244 g/mol. The van der Waals surface area contributed by atoms with Crippen molar-refractivity contribution in [2.45, 2.75) is 45.6 Å². The molecule has 0 amide bonds. The first kappa shape index (κ1) is 14.8. The van der Waals surface area contributed by atoms with Crippen LogP contribution in [0.2, 0.25) is 0 Å². The van der Waals surface area contributed by atoms with E-state index in [4.69, 9.17) is 0 Å². The minimum Gasteiger partial charge on any atom is -0.388 e. The molecule has 1 nitrogen and oxygen atoms in total. The SMILES string of the molecule is Cc1ccc(C(O)CCc2ccc(C(C)C)cc2)cc1. The number of hydrogen-bond acceptors (Lipinski definition) is 1. The van der Waals surface area contributed by atoms with Crippen molar-refractivity contribution in [2.24, 2.45) is 0 Å². The van der Waals surface area contributed by atoms with Gasteiger partial charge in [-0.3, -0.25) is 0 Å². The predicted octanol–water partition coefficient (Wildman–Crippen LogP) is 4.78. The first-order chi connectivity index (χ1) is 9.56. The van der Waals surface area contributed by atoms with Crippen LogP contribution in [-0.4, -0.2) is 5.11 Å². The molecular formula is C19H24O. The van der Waals surface area contributed by atoms with Gasteiger partial charge in [0.1, 0.15) is 0 Å². The summed E-state index contributed by atoms with van der Waals surface area (Å²) in [5.74, 6) is 0.571. The van der Waals surface area contributed by atoms with Gasteiger partial charge in [-0.1, -0.05) is 67.9 Å². The average molecular weight is 268 g/mol. The lowest BCUT2D eigenvalue weighted by atomic mass is 9.97. The van der Waals surface area contributed by atoms with Crippen LogP contribution in [0.1, 0.15) is 54.5 Å². The molecule has 0 aliphatic heterocycles. The summed E-state index contributed by atoms with van der Waals surface area (Å²) in [6.07, 6.45) is 1.30. The summed E-state index contributed by atoms with van der Waals surface area (Å²) >= 11 is 0. The Labute approximate surface area is 122 Å². The molecule has 106 valence electrons. The van der Waals surface area contributed by atoms with E-state index >= 15 is 0 Å². The van der Waals surface area contributed by atoms with E-state index in [-0.39, 0.29) is 6.10 Å². The highest BCUT2D eigenvalue weighted by Crippen LogP contribution is 2.21. The quantitative estimate of drug-likeness (QED) is 0.827. The second-order valence-electron chi connectivity index (χ2n) is 5.86. The summed E-state index contributed by atoms with van der Waals surface area (Å²) in [6.45, 7) is 6.47. The van der Waals surface area contributed by atoms with Gasteiger partial charge in [0.05, 0.1) is 6.10 Å². The summed E-state index contributed by atoms with van der Waals surface area (Å²) in [6, 6.07) is 16.9. The van der Waals surface area contributed by atoms with Gasteiger partial charge in [0.2, 0.25) is 0 Å². The van der Waals surface area contributed by atoms with Crippen LogP contribution in [0.4, 0.5) is 0 Å². The monoisotopic (exact) mass is 268 g/mol. The van der Waals surface area contributed by atoms with Crippen molar-refractivity contribution in [3.63, 3.8) is 0 Å². The summed E-state index contributed by atoms with van der Waals surface area (Å²) < 4.78 is 0. The highest BCUT2D eigenvalue weighted by atomic mass is 16.3. The van der Waals surface area contributed by atoms with Crippen LogP contribution < -0.4 is 0 Å². The van der Waals surface area contributed by atoms with Crippen molar-refractivity contribution in [1.29, 1.82) is 0 Å². The number of aliphatic hydroxyl groups is 1. The Bertz CT molecular complexity index is 523. The molecule has 20 heavy (non-hydrogen) atoms. The van der Waals surface area contributed by atoms with Gasteiger partial charge >= 0.3 is 0 Å². The van der Waals surface area contributed by atoms with E-state index in [1.54, 1.807) is 0 Å². The van der Waals surface area contributed by atoms with E-state index in [0.29, 0.717) is 5.92 Å². The topological polar surface area (TPSA) is 20.2 Å². The number of rotatable bonds is 5. The van der Waals surface area contributed by atoms with Crippen molar-refractivity contribution < 1.29 is 5.11 Å². The maximum Gasteiger partial charge on any atom is 0.0793 e. The van der Waals surface area contributed by atoms with Crippen molar-refractivity contribution in [3.05, 3.63) is 70.8 Å². The zero-order valence-corrected chi connectivity index (χ0v) is 12.6. The van der Waals surface area contributed by atoms with Crippen molar-refractivity contribution in [3.8, 4) is 0 Å². The summed E-state index contributed by atoms with van der Waals surface area (Å²) in [7, 11) is 0. The Morgan fingerprint density at radius 2 is 1.40 bits per heavy atom. The van der Waals surface area contributed by atoms with E-state index in [1.165, 1.54) is 16.7 Å². The molecule has 2 rings (SSSR count). The van der Waals surface area contributed by atoms with Gasteiger partial charge < -0.3 is 5.11 Å². The minimum atomic E-state index is -0.375. The lowest BCUT2D eigenvalue weighted by Crippen LogP contribution is -2.00. The lowest BCUT2D eigenvalue weighted by molar-refractivity contribution is 0.168. The standard InChI is InChI=1S/C19H24O/c1-14(2)17-11-6-16(7-12-17)8-13-19(20)18-9-4-15(3)5-10-18/h4-7,9-12,14,19-20H,8,13H2,1-3H3. The van der Waals surface area contributed by atoms with Crippen LogP contribution in [0.3, 0.4) is 0 Å². The van der Waals surface area contributed by atoms with E-state index in [1.807, 2.05) is 12.1 Å². The third kappa shape index (κ3) is 3.94. The summed E-state index contributed by atoms with van der Waals surface area (Å²) in [4.78, 5) is 0. The van der Waals surface area contributed by atoms with Gasteiger partial charge in [0.25, 0.3) is 0 Å². The highest BCUT2D eigenvalue weighted by Gasteiger charge is 2.07. The Balaban J connectivity index is 1.92. The second-order valence-corrected chi connectivity index (χ2v) is 5.86. The number of aryl methyl sites for hydroxylation is 2. The van der Waals surface area contributed by atoms with E-state index in [9.17, 15) is 5.11 Å². The maximum absolute atomic E-state index is 10.2. The van der Waals surface area contributed by atoms with Crippen LogP contribution in [-0.2, 0) is 6.42 Å². The van der Waals surface area contributed by atoms with Crippen LogP contribution in [0.15, 0.2) is 48.5 Å². The molecule has 0 saturated carbocycles. The molecule has 1 atom stereocenters. The van der Waals surface area contributed by atoms with Gasteiger partial charge in [-0.2, -0.15) is 0 Å². The van der Waals surface area contributed by atoms with Gasteiger partial charge in [-0.15, -0.1) is 0 Å². The molecule has 0 aromatic heterocycles. The smallest absolute Gasteiger partial charge is 0.0793 e. The normalized spacial score (nSPS) is 12.7. The van der Waals surface area contributed by atoms with Gasteiger partial charge in [-0.05, 0) is 42.4 Å². The number of hydrogen-bond donors (Lipinski definition) is 1. The maximum atomic E-state index is 10.2. The Kier molecular flexibility index (Phi) is 4.97. The molecule has 1 heteroatoms. The third-order valence-electron chi connectivity index (χ3n) is 3.81. The first-order valence-corrected chi connectivity index (χ1v) is 7.39. The van der Waals surface area contributed by atoms with E-state index < -0.39 is 0 Å². The zero-order valence-electron chi connectivity index (χ0n) is 12.6. The van der Waals surface area contributed by atoms with Crippen LogP contribution in [0.25, 0.3) is 0 Å². The Hall–Kier alpha value is -1.60. The minimum absolute atomic E-state index is 0.375. The average Bonchev–Trinajstić information content (AvgIpc) is 2.46. The fourth-order valence-corrected chi connectivity index (χ4v) is 2.33. The molecule has 2 aromatic rings. The van der Waals surface area contributed by atoms with Crippen molar-refractivity contribution in [1.82, 2.24) is 0 Å². The molecule has 2 aromatic carbocycles. The van der Waals surface area contributed by atoms with Crippen LogP contribution >= 0.6 is 0 Å². The Morgan fingerprint density at radius 1 is 0.850 bits per heavy atom. The second kappa shape index (κ2) is 6.71. The van der Waals surface area contributed by atoms with Gasteiger partial charge in [0.15, 0.2) is 0 Å². The van der Waals surface area contributed by atoms with Crippen molar-refractivity contribution >= 4 is 0 Å². The molecule has 0 fully saturated rings. The third-order valence-corrected chi connectivity index (χ3v) is 3.81. The number of aliphatic hydroxyl groups excluding tert-OH is 1. The first-order valence-electron chi connectivity index (χ1n) is 7.39. The summed E-state index contributed by atoms with van der Waals surface area (Å²) in [5.41, 5.74) is 4.90. The lowest BCUT2D eigenvalue weighted by Gasteiger charge is -2.12. The highest BCUT2D eigenvalue weighted by molar-refractivity contribution is 5.26. The molecule has 0 aliphatic rings. The molecule has 0 bridgehead atoms. The van der Waals surface area contributed by atoms with Crippen LogP contribution in [0.5, 0.6) is 0 Å². The fourth-order valence-electron chi connectivity index (χ4n) is 2.33. The summed E-state index contributed by atoms with van der Waals surface area (Å²) in [5, 5.41) is 10.2. The zero-order chi connectivity index (χ0) is 14.5. The van der Waals surface area contributed by atoms with Crippen LogP contribution in [0, 0.1) is 6.92 Å². The van der Waals surface area contributed by atoms with Gasteiger partial charge in [0, 0.05) is 0 Å². The molecule has 1 unspecified atom stereocenters. The molecule has 0 radical (unpaired) electrons. The Morgan fingerprint density at radius 3 is 1.95 bits per heavy atom. The van der Waals surface area contributed by atoms with Crippen molar-refractivity contribution in [2.75, 3.05) is 0 Å². The van der Waals surface area contributed by atoms with Gasteiger partial charge in [-0.25, -0.2) is 0 Å². The van der Waals surface area contributed by atoms with E-state index in [0.717, 1.165) is 18.4 Å². The molecule has 0 saturated heterocycles. The molecule has 1 N–H and O–H groups in total. The molecule has 0 heterocycles. The number of benzene rings is 2.